The molecule has 0 unspecified atom stereocenters. The number of anilines is 1. The van der Waals surface area contributed by atoms with Crippen molar-refractivity contribution >= 4 is 5.95 Å². The lowest BCUT2D eigenvalue weighted by molar-refractivity contribution is 0.232. The van der Waals surface area contributed by atoms with Gasteiger partial charge in [-0.25, -0.2) is 4.98 Å². The Labute approximate surface area is 109 Å². The van der Waals surface area contributed by atoms with Gasteiger partial charge in [-0.1, -0.05) is 0 Å². The van der Waals surface area contributed by atoms with Crippen LogP contribution in [0.3, 0.4) is 0 Å². The summed E-state index contributed by atoms with van der Waals surface area (Å²) in [6, 6.07) is 2.35. The van der Waals surface area contributed by atoms with Crippen LogP contribution in [0.5, 0.6) is 5.88 Å². The van der Waals surface area contributed by atoms with Crippen molar-refractivity contribution in [2.45, 2.75) is 39.8 Å². The molecule has 2 rings (SSSR count). The van der Waals surface area contributed by atoms with Gasteiger partial charge in [0, 0.05) is 37.4 Å². The molecular formula is C13H22N4O. The van der Waals surface area contributed by atoms with Crippen LogP contribution >= 0.6 is 0 Å². The summed E-state index contributed by atoms with van der Waals surface area (Å²) in [7, 11) is 0. The molecule has 1 atom stereocenters. The number of piperazine rings is 1. The van der Waals surface area contributed by atoms with E-state index >= 15 is 0 Å². The van der Waals surface area contributed by atoms with Crippen LogP contribution in [0.4, 0.5) is 5.95 Å². The van der Waals surface area contributed by atoms with Gasteiger partial charge in [-0.05, 0) is 27.7 Å². The summed E-state index contributed by atoms with van der Waals surface area (Å²) in [6.07, 6.45) is 0.133. The highest BCUT2D eigenvalue weighted by molar-refractivity contribution is 5.35. The summed E-state index contributed by atoms with van der Waals surface area (Å²) in [5.74, 6) is 1.44. The molecule has 1 aliphatic heterocycles. The molecule has 1 aromatic heterocycles. The number of aromatic nitrogens is 2. The molecule has 18 heavy (non-hydrogen) atoms. The quantitative estimate of drug-likeness (QED) is 0.878. The van der Waals surface area contributed by atoms with Crippen molar-refractivity contribution in [3.8, 4) is 5.88 Å². The van der Waals surface area contributed by atoms with E-state index in [1.165, 1.54) is 0 Å². The van der Waals surface area contributed by atoms with Crippen molar-refractivity contribution in [3.63, 3.8) is 0 Å². The predicted molar refractivity (Wildman–Crippen MR) is 72.2 cm³/mol. The fourth-order valence-corrected chi connectivity index (χ4v) is 2.08. The summed E-state index contributed by atoms with van der Waals surface area (Å²) in [4.78, 5) is 11.2. The first-order valence-electron chi connectivity index (χ1n) is 6.55. The third-order valence-electron chi connectivity index (χ3n) is 2.83. The third-order valence-corrected chi connectivity index (χ3v) is 2.83. The van der Waals surface area contributed by atoms with Gasteiger partial charge in [-0.3, -0.25) is 0 Å². The van der Waals surface area contributed by atoms with E-state index in [1.807, 2.05) is 26.8 Å². The van der Waals surface area contributed by atoms with Gasteiger partial charge in [-0.15, -0.1) is 0 Å². The summed E-state index contributed by atoms with van der Waals surface area (Å²) in [5, 5.41) is 3.41. The second-order valence-corrected chi connectivity index (χ2v) is 5.12. The van der Waals surface area contributed by atoms with E-state index in [-0.39, 0.29) is 6.10 Å². The molecule has 0 aromatic carbocycles. The zero-order valence-corrected chi connectivity index (χ0v) is 11.6. The minimum absolute atomic E-state index is 0.133. The highest BCUT2D eigenvalue weighted by atomic mass is 16.5. The van der Waals surface area contributed by atoms with Gasteiger partial charge in [0.1, 0.15) is 0 Å². The Morgan fingerprint density at radius 3 is 2.89 bits per heavy atom. The van der Waals surface area contributed by atoms with E-state index in [0.29, 0.717) is 11.9 Å². The molecule has 5 nitrogen and oxygen atoms in total. The minimum atomic E-state index is 0.133. The van der Waals surface area contributed by atoms with Crippen molar-refractivity contribution < 1.29 is 4.74 Å². The SMILES string of the molecule is Cc1cc(OC(C)C)nc(N2CCN[C@H](C)C2)n1. The van der Waals surface area contributed by atoms with E-state index in [4.69, 9.17) is 4.74 Å². The molecule has 1 N–H and O–H groups in total. The Hall–Kier alpha value is -1.36. The molecule has 0 radical (unpaired) electrons. The zero-order valence-electron chi connectivity index (χ0n) is 11.6. The maximum atomic E-state index is 5.66. The van der Waals surface area contributed by atoms with Crippen molar-refractivity contribution in [3.05, 3.63) is 11.8 Å². The highest BCUT2D eigenvalue weighted by Crippen LogP contribution is 2.17. The number of ether oxygens (including phenoxy) is 1. The van der Waals surface area contributed by atoms with Gasteiger partial charge in [0.25, 0.3) is 0 Å². The van der Waals surface area contributed by atoms with E-state index in [0.717, 1.165) is 31.3 Å². The van der Waals surface area contributed by atoms with Crippen LogP contribution in [0.15, 0.2) is 6.07 Å². The lowest BCUT2D eigenvalue weighted by Crippen LogP contribution is -2.49. The lowest BCUT2D eigenvalue weighted by atomic mass is 10.2. The van der Waals surface area contributed by atoms with E-state index in [1.54, 1.807) is 0 Å². The molecule has 1 aromatic rings. The molecule has 0 spiro atoms. The summed E-state index contributed by atoms with van der Waals surface area (Å²) in [6.45, 7) is 11.0. The van der Waals surface area contributed by atoms with Crippen LogP contribution in [-0.2, 0) is 0 Å². The molecule has 0 bridgehead atoms. The topological polar surface area (TPSA) is 50.3 Å². The number of rotatable bonds is 3. The normalized spacial score (nSPS) is 20.3. The first-order chi connectivity index (χ1) is 8.54. The molecule has 1 saturated heterocycles. The number of hydrogen-bond acceptors (Lipinski definition) is 5. The molecule has 0 saturated carbocycles. The Morgan fingerprint density at radius 2 is 2.22 bits per heavy atom. The molecule has 2 heterocycles. The Kier molecular flexibility index (Phi) is 4.01. The average Bonchev–Trinajstić information content (AvgIpc) is 2.27. The van der Waals surface area contributed by atoms with Crippen LogP contribution in [0.2, 0.25) is 0 Å². The number of hydrogen-bond donors (Lipinski definition) is 1. The first-order valence-corrected chi connectivity index (χ1v) is 6.55. The summed E-state index contributed by atoms with van der Waals surface area (Å²) >= 11 is 0. The molecule has 0 aliphatic carbocycles. The number of nitrogens with one attached hydrogen (secondary N) is 1. The summed E-state index contributed by atoms with van der Waals surface area (Å²) in [5.41, 5.74) is 0.946. The molecule has 1 fully saturated rings. The second-order valence-electron chi connectivity index (χ2n) is 5.12. The lowest BCUT2D eigenvalue weighted by Gasteiger charge is -2.32. The fourth-order valence-electron chi connectivity index (χ4n) is 2.08. The summed E-state index contributed by atoms with van der Waals surface area (Å²) < 4.78 is 5.66. The van der Waals surface area contributed by atoms with Crippen LogP contribution < -0.4 is 15.0 Å². The largest absolute Gasteiger partial charge is 0.475 e. The van der Waals surface area contributed by atoms with Gasteiger partial charge in [-0.2, -0.15) is 4.98 Å². The van der Waals surface area contributed by atoms with Gasteiger partial charge >= 0.3 is 0 Å². The van der Waals surface area contributed by atoms with Crippen molar-refractivity contribution in [2.24, 2.45) is 0 Å². The molecule has 5 heteroatoms. The van der Waals surface area contributed by atoms with E-state index < -0.39 is 0 Å². The van der Waals surface area contributed by atoms with Crippen molar-refractivity contribution in [2.75, 3.05) is 24.5 Å². The fraction of sp³-hybridized carbons (Fsp3) is 0.692. The Bertz CT molecular complexity index is 408. The number of aryl methyl sites for hydroxylation is 1. The molecule has 0 amide bonds. The van der Waals surface area contributed by atoms with Crippen molar-refractivity contribution in [1.29, 1.82) is 0 Å². The van der Waals surface area contributed by atoms with Crippen LogP contribution in [0.25, 0.3) is 0 Å². The maximum absolute atomic E-state index is 5.66. The first kappa shape index (κ1) is 13.1. The molecular weight excluding hydrogens is 228 g/mol. The third kappa shape index (κ3) is 3.32. The van der Waals surface area contributed by atoms with Crippen LogP contribution in [0, 0.1) is 6.92 Å². The second kappa shape index (κ2) is 5.52. The van der Waals surface area contributed by atoms with Crippen LogP contribution in [-0.4, -0.2) is 41.7 Å². The monoisotopic (exact) mass is 250 g/mol. The van der Waals surface area contributed by atoms with Gasteiger partial charge < -0.3 is 15.0 Å². The highest BCUT2D eigenvalue weighted by Gasteiger charge is 2.19. The van der Waals surface area contributed by atoms with E-state index in [2.05, 4.69) is 27.1 Å². The van der Waals surface area contributed by atoms with Gasteiger partial charge in [0.05, 0.1) is 6.10 Å². The van der Waals surface area contributed by atoms with E-state index in [9.17, 15) is 0 Å². The molecule has 1 aliphatic rings. The van der Waals surface area contributed by atoms with Crippen molar-refractivity contribution in [1.82, 2.24) is 15.3 Å². The average molecular weight is 250 g/mol. The standard InChI is InChI=1S/C13H22N4O/c1-9(2)18-12-7-10(3)15-13(16-12)17-6-5-14-11(4)8-17/h7,9,11,14H,5-6,8H2,1-4H3/t11-/m1/s1. The maximum Gasteiger partial charge on any atom is 0.228 e. The Morgan fingerprint density at radius 1 is 1.44 bits per heavy atom. The predicted octanol–water partition coefficient (Wildman–Crippen LogP) is 1.37. The minimum Gasteiger partial charge on any atom is -0.475 e. The van der Waals surface area contributed by atoms with Gasteiger partial charge in [0.15, 0.2) is 0 Å². The van der Waals surface area contributed by atoms with Crippen LogP contribution in [0.1, 0.15) is 26.5 Å². The van der Waals surface area contributed by atoms with Gasteiger partial charge in [0.2, 0.25) is 11.8 Å². The Balaban J connectivity index is 2.18. The number of nitrogens with zero attached hydrogens (tertiary/aromatic N) is 3. The molecule has 100 valence electrons. The smallest absolute Gasteiger partial charge is 0.228 e. The zero-order chi connectivity index (χ0) is 13.1.